The maximum atomic E-state index is 13.2. The second kappa shape index (κ2) is 9.88. The Hall–Kier alpha value is -1.66. The quantitative estimate of drug-likeness (QED) is 0.437. The minimum atomic E-state index is -0.204. The lowest BCUT2D eigenvalue weighted by Crippen LogP contribution is -2.45. The summed E-state index contributed by atoms with van der Waals surface area (Å²) in [7, 11) is 3.50. The zero-order valence-corrected chi connectivity index (χ0v) is 16.4. The van der Waals surface area contributed by atoms with Crippen LogP contribution in [0.15, 0.2) is 29.3 Å². The van der Waals surface area contributed by atoms with Crippen LogP contribution in [0.3, 0.4) is 0 Å². The largest absolute Gasteiger partial charge is 0.382 e. The van der Waals surface area contributed by atoms with Crippen LogP contribution >= 0.6 is 0 Å². The van der Waals surface area contributed by atoms with E-state index in [4.69, 9.17) is 9.47 Å². The monoisotopic (exact) mass is 365 g/mol. The molecule has 2 rings (SSSR count). The number of aliphatic imine (C=N–C) groups is 1. The number of halogens is 1. The van der Waals surface area contributed by atoms with Crippen LogP contribution in [0.4, 0.5) is 4.39 Å². The summed E-state index contributed by atoms with van der Waals surface area (Å²) >= 11 is 0. The van der Waals surface area contributed by atoms with Crippen molar-refractivity contribution in [3.63, 3.8) is 0 Å². The van der Waals surface area contributed by atoms with Crippen LogP contribution in [0, 0.1) is 11.7 Å². The Labute approximate surface area is 156 Å². The Balaban J connectivity index is 1.83. The lowest BCUT2D eigenvalue weighted by molar-refractivity contribution is 0.0536. The molecular formula is C20H32FN3O2. The van der Waals surface area contributed by atoms with E-state index in [2.05, 4.69) is 29.1 Å². The minimum absolute atomic E-state index is 0.119. The van der Waals surface area contributed by atoms with E-state index >= 15 is 0 Å². The van der Waals surface area contributed by atoms with Gasteiger partial charge in [0.15, 0.2) is 5.96 Å². The van der Waals surface area contributed by atoms with Crippen LogP contribution in [0.1, 0.15) is 25.8 Å². The molecule has 0 aromatic heterocycles. The zero-order valence-electron chi connectivity index (χ0n) is 16.4. The molecule has 0 aliphatic carbocycles. The number of hydrogen-bond donors (Lipinski definition) is 1. The molecular weight excluding hydrogens is 333 g/mol. The van der Waals surface area contributed by atoms with Crippen molar-refractivity contribution in [3.05, 3.63) is 35.6 Å². The number of hydrogen-bond acceptors (Lipinski definition) is 3. The number of ether oxygens (including phenoxy) is 2. The van der Waals surface area contributed by atoms with Gasteiger partial charge in [0.2, 0.25) is 0 Å². The van der Waals surface area contributed by atoms with Gasteiger partial charge >= 0.3 is 0 Å². The Morgan fingerprint density at radius 2 is 2.04 bits per heavy atom. The third kappa shape index (κ3) is 5.95. The smallest absolute Gasteiger partial charge is 0.193 e. The van der Waals surface area contributed by atoms with Crippen molar-refractivity contribution < 1.29 is 13.9 Å². The highest BCUT2D eigenvalue weighted by molar-refractivity contribution is 5.80. The van der Waals surface area contributed by atoms with Crippen molar-refractivity contribution in [2.75, 3.05) is 53.6 Å². The fourth-order valence-electron chi connectivity index (χ4n) is 3.19. The van der Waals surface area contributed by atoms with Crippen LogP contribution in [-0.4, -0.2) is 64.5 Å². The molecule has 0 saturated carbocycles. The number of guanidine groups is 1. The highest BCUT2D eigenvalue weighted by Crippen LogP contribution is 2.23. The molecule has 1 fully saturated rings. The van der Waals surface area contributed by atoms with E-state index in [1.165, 1.54) is 12.1 Å². The number of benzene rings is 1. The molecule has 6 heteroatoms. The van der Waals surface area contributed by atoms with Crippen molar-refractivity contribution in [2.24, 2.45) is 10.9 Å². The highest BCUT2D eigenvalue weighted by Gasteiger charge is 2.27. The van der Waals surface area contributed by atoms with E-state index in [1.807, 2.05) is 19.2 Å². The Kier molecular flexibility index (Phi) is 7.85. The van der Waals surface area contributed by atoms with Gasteiger partial charge in [-0.15, -0.1) is 0 Å². The molecule has 5 nitrogen and oxygen atoms in total. The molecule has 1 aromatic rings. The van der Waals surface area contributed by atoms with Gasteiger partial charge in [-0.3, -0.25) is 4.99 Å². The summed E-state index contributed by atoms with van der Waals surface area (Å²) in [6.07, 6.45) is 1.11. The van der Waals surface area contributed by atoms with Crippen LogP contribution in [0.5, 0.6) is 0 Å². The van der Waals surface area contributed by atoms with Gasteiger partial charge in [0.1, 0.15) is 5.82 Å². The maximum absolute atomic E-state index is 13.2. The molecule has 1 aromatic carbocycles. The van der Waals surface area contributed by atoms with Crippen molar-refractivity contribution in [1.29, 1.82) is 0 Å². The maximum Gasteiger partial charge on any atom is 0.193 e. The van der Waals surface area contributed by atoms with E-state index in [1.54, 1.807) is 7.11 Å². The normalized spacial score (nSPS) is 18.4. The summed E-state index contributed by atoms with van der Waals surface area (Å²) in [4.78, 5) is 6.72. The van der Waals surface area contributed by atoms with Gasteiger partial charge in [-0.2, -0.15) is 0 Å². The number of likely N-dealkylation sites (tertiary alicyclic amines) is 1. The molecule has 26 heavy (non-hydrogen) atoms. The summed E-state index contributed by atoms with van der Waals surface area (Å²) in [5, 5.41) is 3.48. The van der Waals surface area contributed by atoms with Crippen LogP contribution in [0.25, 0.3) is 0 Å². The highest BCUT2D eigenvalue weighted by atomic mass is 19.1. The van der Waals surface area contributed by atoms with Crippen molar-refractivity contribution in [1.82, 2.24) is 10.2 Å². The Morgan fingerprint density at radius 1 is 1.31 bits per heavy atom. The van der Waals surface area contributed by atoms with E-state index in [9.17, 15) is 4.39 Å². The molecule has 146 valence electrons. The first-order valence-electron chi connectivity index (χ1n) is 9.24. The van der Waals surface area contributed by atoms with E-state index in [0.29, 0.717) is 19.1 Å². The van der Waals surface area contributed by atoms with Gasteiger partial charge in [0, 0.05) is 45.1 Å². The predicted molar refractivity (Wildman–Crippen MR) is 103 cm³/mol. The van der Waals surface area contributed by atoms with Crippen LogP contribution in [-0.2, 0) is 14.9 Å². The van der Waals surface area contributed by atoms with Gasteiger partial charge in [0.25, 0.3) is 0 Å². The average Bonchev–Trinajstić information content (AvgIpc) is 3.08. The molecule has 0 spiro atoms. The minimum Gasteiger partial charge on any atom is -0.382 e. The van der Waals surface area contributed by atoms with E-state index in [-0.39, 0.29) is 11.2 Å². The summed E-state index contributed by atoms with van der Waals surface area (Å²) in [6, 6.07) is 6.73. The molecule has 0 bridgehead atoms. The molecule has 1 heterocycles. The molecule has 1 saturated heterocycles. The number of methoxy groups -OCH3 is 1. The first-order valence-corrected chi connectivity index (χ1v) is 9.24. The van der Waals surface area contributed by atoms with Crippen LogP contribution < -0.4 is 5.32 Å². The molecule has 1 unspecified atom stereocenters. The number of nitrogens with one attached hydrogen (secondary N) is 1. The molecule has 1 aliphatic heterocycles. The summed E-state index contributed by atoms with van der Waals surface area (Å²) < 4.78 is 23.8. The third-order valence-corrected chi connectivity index (χ3v) is 4.90. The van der Waals surface area contributed by atoms with Crippen LogP contribution in [0.2, 0.25) is 0 Å². The zero-order chi connectivity index (χ0) is 19.0. The van der Waals surface area contributed by atoms with Gasteiger partial charge in [-0.1, -0.05) is 26.0 Å². The molecule has 1 N–H and O–H groups in total. The summed E-state index contributed by atoms with van der Waals surface area (Å²) in [5.74, 6) is 1.24. The molecule has 0 radical (unpaired) electrons. The Bertz CT molecular complexity index is 575. The van der Waals surface area contributed by atoms with E-state index < -0.39 is 0 Å². The third-order valence-electron chi connectivity index (χ3n) is 4.90. The van der Waals surface area contributed by atoms with Crippen molar-refractivity contribution in [3.8, 4) is 0 Å². The van der Waals surface area contributed by atoms with Gasteiger partial charge in [-0.05, 0) is 24.1 Å². The predicted octanol–water partition coefficient (Wildman–Crippen LogP) is 2.66. The SMILES string of the molecule is CN=C(NCC(C)(C)c1ccc(F)cc1)N1CCC(COCCOC)C1. The first-order chi connectivity index (χ1) is 12.5. The summed E-state index contributed by atoms with van der Waals surface area (Å²) in [6.45, 7) is 9.01. The topological polar surface area (TPSA) is 46.1 Å². The number of nitrogens with zero attached hydrogens (tertiary/aromatic N) is 2. The van der Waals surface area contributed by atoms with E-state index in [0.717, 1.165) is 44.2 Å². The van der Waals surface area contributed by atoms with Crippen molar-refractivity contribution in [2.45, 2.75) is 25.7 Å². The lowest BCUT2D eigenvalue weighted by atomic mass is 9.84. The fourth-order valence-corrected chi connectivity index (χ4v) is 3.19. The molecule has 1 aliphatic rings. The fraction of sp³-hybridized carbons (Fsp3) is 0.650. The number of rotatable bonds is 8. The standard InChI is InChI=1S/C20H32FN3O2/c1-20(2,17-5-7-18(21)8-6-17)15-23-19(22-3)24-10-9-16(13-24)14-26-12-11-25-4/h5-8,16H,9-15H2,1-4H3,(H,22,23). The lowest BCUT2D eigenvalue weighted by Gasteiger charge is -2.29. The average molecular weight is 365 g/mol. The Morgan fingerprint density at radius 3 is 2.69 bits per heavy atom. The molecule has 0 amide bonds. The first kappa shape index (κ1) is 20.6. The van der Waals surface area contributed by atoms with Crippen molar-refractivity contribution >= 4 is 5.96 Å². The second-order valence-corrected chi connectivity index (χ2v) is 7.46. The molecule has 1 atom stereocenters. The summed E-state index contributed by atoms with van der Waals surface area (Å²) in [5.41, 5.74) is 0.985. The van der Waals surface area contributed by atoms with Gasteiger partial charge < -0.3 is 19.7 Å². The van der Waals surface area contributed by atoms with Gasteiger partial charge in [-0.25, -0.2) is 4.39 Å². The second-order valence-electron chi connectivity index (χ2n) is 7.46. The van der Waals surface area contributed by atoms with Gasteiger partial charge in [0.05, 0.1) is 19.8 Å².